The highest BCUT2D eigenvalue weighted by Crippen LogP contribution is 2.32. The van der Waals surface area contributed by atoms with Crippen molar-refractivity contribution in [3.63, 3.8) is 0 Å². The summed E-state index contributed by atoms with van der Waals surface area (Å²) in [4.78, 5) is 20.4. The molecule has 0 bridgehead atoms. The second kappa shape index (κ2) is 13.1. The molecule has 0 spiro atoms. The Bertz CT molecular complexity index is 1780. The summed E-state index contributed by atoms with van der Waals surface area (Å²) in [6, 6.07) is 15.4. The fraction of sp³-hybridized carbons (Fsp3) is 0.382. The van der Waals surface area contributed by atoms with Gasteiger partial charge in [0.1, 0.15) is 5.65 Å². The molecular weight excluding hydrogens is 579 g/mol. The van der Waals surface area contributed by atoms with Crippen LogP contribution in [0.4, 0.5) is 4.39 Å². The van der Waals surface area contributed by atoms with E-state index in [0.717, 1.165) is 55.3 Å². The SMILES string of the molecule is CC(C)CCCc1cc(Cl)c(F)c(-c2cc3cn(-c4ccc([C@@H]5CCC[C@@H](C[C@@H](O)c6ccn[nH]6)N5)cc4)c(=O)nc3[nH]2)c1. The van der Waals surface area contributed by atoms with Gasteiger partial charge in [-0.1, -0.05) is 50.4 Å². The van der Waals surface area contributed by atoms with Crippen LogP contribution >= 0.6 is 11.6 Å². The first-order chi connectivity index (χ1) is 21.2. The molecule has 0 aliphatic carbocycles. The Labute approximate surface area is 260 Å². The molecule has 1 aliphatic heterocycles. The van der Waals surface area contributed by atoms with Crippen LogP contribution < -0.4 is 11.0 Å². The Kier molecular flexibility index (Phi) is 8.98. The molecule has 8 nitrogen and oxygen atoms in total. The van der Waals surface area contributed by atoms with Crippen LogP contribution in [0.1, 0.15) is 81.3 Å². The molecule has 3 atom stereocenters. The molecule has 3 aromatic heterocycles. The summed E-state index contributed by atoms with van der Waals surface area (Å²) >= 11 is 6.28. The summed E-state index contributed by atoms with van der Waals surface area (Å²) in [7, 11) is 0. The van der Waals surface area contributed by atoms with Gasteiger partial charge in [-0.05, 0) is 85.5 Å². The number of aromatic amines is 2. The molecular formula is C34H38ClFN6O2. The van der Waals surface area contributed by atoms with E-state index in [0.29, 0.717) is 40.3 Å². The van der Waals surface area contributed by atoms with Crippen LogP contribution in [0.5, 0.6) is 0 Å². The number of halogens is 2. The van der Waals surface area contributed by atoms with Gasteiger partial charge in [0.25, 0.3) is 0 Å². The highest BCUT2D eigenvalue weighted by Gasteiger charge is 2.25. The molecule has 230 valence electrons. The minimum absolute atomic E-state index is 0.0844. The quantitative estimate of drug-likeness (QED) is 0.133. The first-order valence-corrected chi connectivity index (χ1v) is 15.8. The molecule has 6 rings (SSSR count). The zero-order valence-electron chi connectivity index (χ0n) is 25.0. The molecule has 0 radical (unpaired) electrons. The Morgan fingerprint density at radius 2 is 1.95 bits per heavy atom. The number of nitrogens with one attached hydrogen (secondary N) is 3. The van der Waals surface area contributed by atoms with Crippen LogP contribution in [0, 0.1) is 11.7 Å². The smallest absolute Gasteiger partial charge is 0.354 e. The predicted octanol–water partition coefficient (Wildman–Crippen LogP) is 7.18. The average molecular weight is 617 g/mol. The molecule has 2 aromatic carbocycles. The van der Waals surface area contributed by atoms with Crippen LogP contribution in [-0.4, -0.2) is 35.9 Å². The standard InChI is InChI=1S/C34H38ClFN6O2/c1-20(2)5-3-6-21-15-26(32(36)27(35)16-21)30-17-23-19-42(34(44)40-33(23)39-30)25-11-9-22(10-12-25)28-8-4-7-24(38-28)18-31(43)29-13-14-37-41-29/h9-17,19-20,24,28,31,38,43H,3-8,18H2,1-2H3,(H,37,41)(H,39,40,44)/t24-,28-,31+/m0/s1. The van der Waals surface area contributed by atoms with Crippen LogP contribution in [0.15, 0.2) is 65.7 Å². The number of benzene rings is 2. The average Bonchev–Trinajstić information content (AvgIpc) is 3.69. The Morgan fingerprint density at radius 1 is 1.14 bits per heavy atom. The van der Waals surface area contributed by atoms with Crippen molar-refractivity contribution in [2.24, 2.45) is 5.92 Å². The maximum Gasteiger partial charge on any atom is 0.354 e. The lowest BCUT2D eigenvalue weighted by Crippen LogP contribution is -2.38. The number of aliphatic hydroxyl groups excluding tert-OH is 1. The van der Waals surface area contributed by atoms with Crippen molar-refractivity contribution in [2.45, 2.75) is 77.0 Å². The third kappa shape index (κ3) is 6.65. The molecule has 1 fully saturated rings. The van der Waals surface area contributed by atoms with Gasteiger partial charge in [0.05, 0.1) is 28.2 Å². The maximum absolute atomic E-state index is 15.2. The van der Waals surface area contributed by atoms with Gasteiger partial charge in [0, 0.05) is 35.4 Å². The Hall–Kier alpha value is -3.79. The predicted molar refractivity (Wildman–Crippen MR) is 172 cm³/mol. The fourth-order valence-corrected chi connectivity index (χ4v) is 6.45. The van der Waals surface area contributed by atoms with Crippen molar-refractivity contribution in [3.05, 3.63) is 99.1 Å². The van der Waals surface area contributed by atoms with Crippen LogP contribution in [0.25, 0.3) is 28.0 Å². The van der Waals surface area contributed by atoms with Crippen molar-refractivity contribution in [2.75, 3.05) is 0 Å². The first kappa shape index (κ1) is 30.2. The largest absolute Gasteiger partial charge is 0.387 e. The van der Waals surface area contributed by atoms with E-state index in [4.69, 9.17) is 11.6 Å². The summed E-state index contributed by atoms with van der Waals surface area (Å²) in [6.07, 6.45) is 9.35. The minimum atomic E-state index is -0.591. The van der Waals surface area contributed by atoms with Gasteiger partial charge in [0.2, 0.25) is 0 Å². The highest BCUT2D eigenvalue weighted by atomic mass is 35.5. The third-order valence-electron chi connectivity index (χ3n) is 8.58. The molecule has 4 N–H and O–H groups in total. The number of piperidine rings is 1. The lowest BCUT2D eigenvalue weighted by molar-refractivity contribution is 0.134. The number of nitrogens with zero attached hydrogens (tertiary/aromatic N) is 3. The van der Waals surface area contributed by atoms with E-state index in [1.54, 1.807) is 24.5 Å². The van der Waals surface area contributed by atoms with E-state index in [2.05, 4.69) is 39.3 Å². The molecule has 10 heteroatoms. The monoisotopic (exact) mass is 616 g/mol. The van der Waals surface area contributed by atoms with E-state index in [-0.39, 0.29) is 17.1 Å². The van der Waals surface area contributed by atoms with Gasteiger partial charge in [-0.25, -0.2) is 9.18 Å². The molecule has 5 aromatic rings. The molecule has 0 saturated carbocycles. The van der Waals surface area contributed by atoms with E-state index in [1.165, 1.54) is 4.57 Å². The summed E-state index contributed by atoms with van der Waals surface area (Å²) in [5.74, 6) is 0.107. The first-order valence-electron chi connectivity index (χ1n) is 15.4. The molecule has 4 heterocycles. The van der Waals surface area contributed by atoms with Gasteiger partial charge in [-0.3, -0.25) is 9.67 Å². The lowest BCUT2D eigenvalue weighted by atomic mass is 9.90. The summed E-state index contributed by atoms with van der Waals surface area (Å²) in [5.41, 5.74) is 4.39. The molecule has 0 amide bonds. The Morgan fingerprint density at radius 3 is 2.70 bits per heavy atom. The number of hydrogen-bond acceptors (Lipinski definition) is 5. The molecule has 1 aliphatic rings. The Balaban J connectivity index is 1.20. The summed E-state index contributed by atoms with van der Waals surface area (Å²) in [6.45, 7) is 4.37. The number of hydrogen-bond donors (Lipinski definition) is 4. The van der Waals surface area contributed by atoms with Crippen molar-refractivity contribution < 1.29 is 9.50 Å². The molecule has 44 heavy (non-hydrogen) atoms. The van der Waals surface area contributed by atoms with Crippen molar-refractivity contribution >= 4 is 22.6 Å². The van der Waals surface area contributed by atoms with E-state index < -0.39 is 17.6 Å². The number of rotatable bonds is 10. The van der Waals surface area contributed by atoms with Gasteiger partial charge >= 0.3 is 5.69 Å². The zero-order valence-corrected chi connectivity index (χ0v) is 25.7. The van der Waals surface area contributed by atoms with Gasteiger partial charge in [-0.15, -0.1) is 0 Å². The normalized spacial score (nSPS) is 17.9. The molecule has 1 saturated heterocycles. The minimum Gasteiger partial charge on any atom is -0.387 e. The zero-order chi connectivity index (χ0) is 30.8. The van der Waals surface area contributed by atoms with Crippen LogP contribution in [0.2, 0.25) is 5.02 Å². The second-order valence-electron chi connectivity index (χ2n) is 12.3. The summed E-state index contributed by atoms with van der Waals surface area (Å²) in [5, 5.41) is 21.8. The van der Waals surface area contributed by atoms with E-state index >= 15 is 4.39 Å². The van der Waals surface area contributed by atoms with E-state index in [1.807, 2.05) is 36.4 Å². The van der Waals surface area contributed by atoms with Crippen molar-refractivity contribution in [1.29, 1.82) is 0 Å². The topological polar surface area (TPSA) is 112 Å². The number of aromatic nitrogens is 5. The van der Waals surface area contributed by atoms with Gasteiger partial charge in [-0.2, -0.15) is 10.1 Å². The van der Waals surface area contributed by atoms with E-state index in [9.17, 15) is 9.90 Å². The van der Waals surface area contributed by atoms with Crippen molar-refractivity contribution in [1.82, 2.24) is 30.0 Å². The summed E-state index contributed by atoms with van der Waals surface area (Å²) < 4.78 is 16.7. The van der Waals surface area contributed by atoms with Gasteiger partial charge < -0.3 is 15.4 Å². The fourth-order valence-electron chi connectivity index (χ4n) is 6.21. The lowest BCUT2D eigenvalue weighted by Gasteiger charge is -2.32. The number of aryl methyl sites for hydroxylation is 1. The van der Waals surface area contributed by atoms with Gasteiger partial charge in [0.15, 0.2) is 5.82 Å². The van der Waals surface area contributed by atoms with Crippen molar-refractivity contribution in [3.8, 4) is 16.9 Å². The van der Waals surface area contributed by atoms with Crippen LogP contribution in [0.3, 0.4) is 0 Å². The number of fused-ring (bicyclic) bond motifs is 1. The maximum atomic E-state index is 15.2. The highest BCUT2D eigenvalue weighted by molar-refractivity contribution is 6.31. The second-order valence-corrected chi connectivity index (χ2v) is 12.7. The number of H-pyrrole nitrogens is 2. The third-order valence-corrected chi connectivity index (χ3v) is 8.85. The van der Waals surface area contributed by atoms with Crippen LogP contribution in [-0.2, 0) is 6.42 Å². The number of aliphatic hydroxyl groups is 1. The molecule has 0 unspecified atom stereocenters.